The van der Waals surface area contributed by atoms with Crippen LogP contribution in [-0.4, -0.2) is 7.11 Å². The van der Waals surface area contributed by atoms with Crippen molar-refractivity contribution in [1.82, 2.24) is 0 Å². The van der Waals surface area contributed by atoms with Gasteiger partial charge in [-0.1, -0.05) is 42.1 Å². The number of hydrogen-bond donors (Lipinski definition) is 0. The molecule has 0 aromatic heterocycles. The fourth-order valence-electron chi connectivity index (χ4n) is 2.01. The molecule has 0 radical (unpaired) electrons. The van der Waals surface area contributed by atoms with Gasteiger partial charge in [0.25, 0.3) is 0 Å². The first-order valence-electron chi connectivity index (χ1n) is 6.99. The van der Waals surface area contributed by atoms with E-state index in [1.54, 1.807) is 18.9 Å². The molecular formula is C19H16O2S. The van der Waals surface area contributed by atoms with Gasteiger partial charge in [-0.05, 0) is 48.5 Å². The Morgan fingerprint density at radius 3 is 2.09 bits per heavy atom. The summed E-state index contributed by atoms with van der Waals surface area (Å²) in [6, 6.07) is 25.9. The predicted molar refractivity (Wildman–Crippen MR) is 90.1 cm³/mol. The summed E-state index contributed by atoms with van der Waals surface area (Å²) in [5, 5.41) is 0. The number of methoxy groups -OCH3 is 1. The highest BCUT2D eigenvalue weighted by Crippen LogP contribution is 2.37. The van der Waals surface area contributed by atoms with E-state index in [-0.39, 0.29) is 0 Å². The molecule has 0 atom stereocenters. The molecule has 0 heterocycles. The summed E-state index contributed by atoms with van der Waals surface area (Å²) < 4.78 is 11.2. The molecule has 0 saturated carbocycles. The zero-order valence-corrected chi connectivity index (χ0v) is 13.0. The van der Waals surface area contributed by atoms with Crippen LogP contribution in [-0.2, 0) is 0 Å². The van der Waals surface area contributed by atoms with Crippen LogP contribution in [0.15, 0.2) is 88.7 Å². The Kier molecular flexibility index (Phi) is 4.66. The van der Waals surface area contributed by atoms with Crippen molar-refractivity contribution in [3.63, 3.8) is 0 Å². The Labute approximate surface area is 134 Å². The lowest BCUT2D eigenvalue weighted by Crippen LogP contribution is -1.86. The van der Waals surface area contributed by atoms with Crippen LogP contribution in [0.2, 0.25) is 0 Å². The molecule has 0 aliphatic rings. The van der Waals surface area contributed by atoms with Gasteiger partial charge in [0, 0.05) is 4.90 Å². The van der Waals surface area contributed by atoms with E-state index in [9.17, 15) is 0 Å². The fourth-order valence-corrected chi connectivity index (χ4v) is 2.89. The van der Waals surface area contributed by atoms with Gasteiger partial charge in [-0.3, -0.25) is 0 Å². The molecule has 0 saturated heterocycles. The Morgan fingerprint density at radius 2 is 1.36 bits per heavy atom. The van der Waals surface area contributed by atoms with E-state index in [4.69, 9.17) is 9.47 Å². The summed E-state index contributed by atoms with van der Waals surface area (Å²) in [5.74, 6) is 2.55. The summed E-state index contributed by atoms with van der Waals surface area (Å²) in [7, 11) is 1.67. The van der Waals surface area contributed by atoms with Crippen LogP contribution in [0.3, 0.4) is 0 Å². The molecule has 3 aromatic carbocycles. The molecule has 0 spiro atoms. The SMILES string of the molecule is COc1ccc(Sc2ccccc2Oc2ccccc2)cc1. The van der Waals surface area contributed by atoms with Gasteiger partial charge < -0.3 is 9.47 Å². The third kappa shape index (κ3) is 3.62. The van der Waals surface area contributed by atoms with E-state index in [2.05, 4.69) is 6.07 Å². The van der Waals surface area contributed by atoms with Gasteiger partial charge in [0.15, 0.2) is 0 Å². The predicted octanol–water partition coefficient (Wildman–Crippen LogP) is 5.64. The van der Waals surface area contributed by atoms with Crippen LogP contribution < -0.4 is 9.47 Å². The zero-order valence-electron chi connectivity index (χ0n) is 12.2. The first-order chi connectivity index (χ1) is 10.8. The summed E-state index contributed by atoms with van der Waals surface area (Å²) >= 11 is 1.67. The minimum Gasteiger partial charge on any atom is -0.497 e. The summed E-state index contributed by atoms with van der Waals surface area (Å²) in [5.41, 5.74) is 0. The Hall–Kier alpha value is -2.39. The van der Waals surface area contributed by atoms with Crippen molar-refractivity contribution in [2.45, 2.75) is 9.79 Å². The van der Waals surface area contributed by atoms with Crippen LogP contribution in [0.5, 0.6) is 17.2 Å². The lowest BCUT2D eigenvalue weighted by molar-refractivity contribution is 0.414. The van der Waals surface area contributed by atoms with Crippen molar-refractivity contribution in [2.24, 2.45) is 0 Å². The standard InChI is InChI=1S/C19H16O2S/c1-20-15-11-13-17(14-12-15)22-19-10-6-5-9-18(19)21-16-7-3-2-4-8-16/h2-14H,1H3. The molecule has 110 valence electrons. The van der Waals surface area contributed by atoms with Gasteiger partial charge >= 0.3 is 0 Å². The summed E-state index contributed by atoms with van der Waals surface area (Å²) in [6.45, 7) is 0. The molecule has 0 N–H and O–H groups in total. The molecule has 0 aliphatic heterocycles. The van der Waals surface area contributed by atoms with Crippen molar-refractivity contribution in [3.8, 4) is 17.2 Å². The smallest absolute Gasteiger partial charge is 0.141 e. The highest BCUT2D eigenvalue weighted by molar-refractivity contribution is 7.99. The maximum Gasteiger partial charge on any atom is 0.141 e. The van der Waals surface area contributed by atoms with E-state index in [0.717, 1.165) is 27.0 Å². The van der Waals surface area contributed by atoms with E-state index in [1.165, 1.54) is 0 Å². The van der Waals surface area contributed by atoms with Crippen LogP contribution in [0, 0.1) is 0 Å². The lowest BCUT2D eigenvalue weighted by atomic mass is 10.3. The lowest BCUT2D eigenvalue weighted by Gasteiger charge is -2.11. The molecule has 0 fully saturated rings. The Bertz CT molecular complexity index is 724. The first-order valence-corrected chi connectivity index (χ1v) is 7.80. The third-order valence-electron chi connectivity index (χ3n) is 3.11. The quantitative estimate of drug-likeness (QED) is 0.608. The molecule has 3 rings (SSSR count). The van der Waals surface area contributed by atoms with Gasteiger partial charge in [-0.15, -0.1) is 0 Å². The fraction of sp³-hybridized carbons (Fsp3) is 0.0526. The minimum absolute atomic E-state index is 0.838. The van der Waals surface area contributed by atoms with Crippen molar-refractivity contribution in [2.75, 3.05) is 7.11 Å². The molecule has 0 amide bonds. The second kappa shape index (κ2) is 7.05. The average molecular weight is 308 g/mol. The van der Waals surface area contributed by atoms with Crippen LogP contribution in [0.1, 0.15) is 0 Å². The molecular weight excluding hydrogens is 292 g/mol. The van der Waals surface area contributed by atoms with E-state index in [0.29, 0.717) is 0 Å². The normalized spacial score (nSPS) is 10.2. The maximum atomic E-state index is 5.98. The monoisotopic (exact) mass is 308 g/mol. The van der Waals surface area contributed by atoms with Crippen LogP contribution in [0.4, 0.5) is 0 Å². The third-order valence-corrected chi connectivity index (χ3v) is 4.17. The van der Waals surface area contributed by atoms with E-state index in [1.807, 2.05) is 72.8 Å². The number of hydrogen-bond acceptors (Lipinski definition) is 3. The van der Waals surface area contributed by atoms with Gasteiger partial charge in [-0.25, -0.2) is 0 Å². The number of para-hydroxylation sites is 2. The minimum atomic E-state index is 0.838. The van der Waals surface area contributed by atoms with Gasteiger partial charge in [0.05, 0.1) is 12.0 Å². The van der Waals surface area contributed by atoms with Crippen molar-refractivity contribution >= 4 is 11.8 Å². The van der Waals surface area contributed by atoms with E-state index < -0.39 is 0 Å². The second-order valence-corrected chi connectivity index (χ2v) is 5.75. The summed E-state index contributed by atoms with van der Waals surface area (Å²) in [4.78, 5) is 2.22. The first kappa shape index (κ1) is 14.5. The Balaban J connectivity index is 1.81. The molecule has 0 unspecified atom stereocenters. The van der Waals surface area contributed by atoms with Gasteiger partial charge in [-0.2, -0.15) is 0 Å². The largest absolute Gasteiger partial charge is 0.497 e. The van der Waals surface area contributed by atoms with Crippen molar-refractivity contribution < 1.29 is 9.47 Å². The highest BCUT2D eigenvalue weighted by Gasteiger charge is 2.06. The number of ether oxygens (including phenoxy) is 2. The van der Waals surface area contributed by atoms with E-state index >= 15 is 0 Å². The second-order valence-electron chi connectivity index (χ2n) is 4.64. The molecule has 0 bridgehead atoms. The highest BCUT2D eigenvalue weighted by atomic mass is 32.2. The van der Waals surface area contributed by atoms with Crippen molar-refractivity contribution in [1.29, 1.82) is 0 Å². The topological polar surface area (TPSA) is 18.5 Å². The molecule has 3 aromatic rings. The Morgan fingerprint density at radius 1 is 0.682 bits per heavy atom. The van der Waals surface area contributed by atoms with Gasteiger partial charge in [0.2, 0.25) is 0 Å². The summed E-state index contributed by atoms with van der Waals surface area (Å²) in [6.07, 6.45) is 0. The molecule has 2 nitrogen and oxygen atoms in total. The molecule has 22 heavy (non-hydrogen) atoms. The van der Waals surface area contributed by atoms with Gasteiger partial charge in [0.1, 0.15) is 17.2 Å². The van der Waals surface area contributed by atoms with Crippen molar-refractivity contribution in [3.05, 3.63) is 78.9 Å². The van der Waals surface area contributed by atoms with Crippen LogP contribution in [0.25, 0.3) is 0 Å². The number of benzene rings is 3. The average Bonchev–Trinajstić information content (AvgIpc) is 2.58. The molecule has 3 heteroatoms. The number of rotatable bonds is 5. The zero-order chi connectivity index (χ0) is 15.2. The maximum absolute atomic E-state index is 5.98. The molecule has 0 aliphatic carbocycles. The van der Waals surface area contributed by atoms with Crippen LogP contribution >= 0.6 is 11.8 Å².